The lowest BCUT2D eigenvalue weighted by atomic mass is 10.1. The smallest absolute Gasteiger partial charge is 0.225 e. The van der Waals surface area contributed by atoms with Crippen LogP contribution in [0.25, 0.3) is 55.8 Å². The summed E-state index contributed by atoms with van der Waals surface area (Å²) in [6, 6.07) is 11.6. The largest absolute Gasteiger partial charge is 0.454 e. The number of hydrogen-bond donors (Lipinski definition) is 0. The Morgan fingerprint density at radius 1 is 0.704 bits per heavy atom. The maximum Gasteiger partial charge on any atom is 0.225 e. The van der Waals surface area contributed by atoms with Crippen molar-refractivity contribution in [3.8, 4) is 22.8 Å². The molecule has 0 saturated heterocycles. The summed E-state index contributed by atoms with van der Waals surface area (Å²) in [5.74, 6) is 1.43. The molecular weight excluding hydrogens is 342 g/mol. The Morgan fingerprint density at radius 2 is 1.63 bits per heavy atom. The molecule has 6 heterocycles. The normalized spacial score (nSPS) is 11.7. The van der Waals surface area contributed by atoms with Crippen molar-refractivity contribution in [3.63, 3.8) is 0 Å². The summed E-state index contributed by atoms with van der Waals surface area (Å²) in [6.07, 6.45) is 8.56. The van der Waals surface area contributed by atoms with Crippen molar-refractivity contribution in [2.75, 3.05) is 0 Å². The minimum Gasteiger partial charge on any atom is -0.454 e. The highest BCUT2D eigenvalue weighted by Gasteiger charge is 2.12. The monoisotopic (exact) mass is 353 g/mol. The van der Waals surface area contributed by atoms with Gasteiger partial charge in [-0.25, -0.2) is 9.97 Å². The van der Waals surface area contributed by atoms with Crippen LogP contribution in [0.3, 0.4) is 0 Å². The molecule has 6 aromatic heterocycles. The Bertz CT molecular complexity index is 1410. The van der Waals surface area contributed by atoms with Crippen molar-refractivity contribution in [1.29, 1.82) is 0 Å². The lowest BCUT2D eigenvalue weighted by Crippen LogP contribution is -1.79. The Kier molecular flexibility index (Phi) is 2.79. The molecule has 0 amide bonds. The Morgan fingerprint density at radius 3 is 2.59 bits per heavy atom. The maximum absolute atomic E-state index is 5.96. The van der Waals surface area contributed by atoms with Crippen molar-refractivity contribution < 1.29 is 13.3 Å². The Hall–Kier alpha value is -3.93. The number of furan rings is 3. The lowest BCUT2D eigenvalue weighted by molar-refractivity contribution is 0.602. The van der Waals surface area contributed by atoms with Crippen LogP contribution in [0.1, 0.15) is 0 Å². The van der Waals surface area contributed by atoms with Gasteiger partial charge in [-0.2, -0.15) is 0 Å². The maximum atomic E-state index is 5.96. The molecule has 0 bridgehead atoms. The van der Waals surface area contributed by atoms with Crippen molar-refractivity contribution >= 4 is 33.0 Å². The van der Waals surface area contributed by atoms with Gasteiger partial charge in [0.05, 0.1) is 12.5 Å². The zero-order valence-electron chi connectivity index (χ0n) is 13.9. The van der Waals surface area contributed by atoms with Crippen LogP contribution in [0.5, 0.6) is 0 Å². The SMILES string of the molecule is c1cc2oc(-c3cc4cc(-c5cnc6occc6c5)oc4cn3)cc2cn1. The minimum atomic E-state index is 0.609. The van der Waals surface area contributed by atoms with Crippen LogP contribution in [-0.4, -0.2) is 15.0 Å². The molecule has 6 rings (SSSR count). The van der Waals surface area contributed by atoms with Crippen LogP contribution in [-0.2, 0) is 0 Å². The van der Waals surface area contributed by atoms with E-state index in [1.54, 1.807) is 31.1 Å². The fraction of sp³-hybridized carbons (Fsp3) is 0. The van der Waals surface area contributed by atoms with Crippen molar-refractivity contribution in [2.45, 2.75) is 0 Å². The number of nitrogens with zero attached hydrogens (tertiary/aromatic N) is 3. The molecule has 0 aromatic carbocycles. The Balaban J connectivity index is 1.46. The zero-order valence-corrected chi connectivity index (χ0v) is 13.9. The number of pyridine rings is 3. The summed E-state index contributed by atoms with van der Waals surface area (Å²) in [7, 11) is 0. The molecule has 128 valence electrons. The summed E-state index contributed by atoms with van der Waals surface area (Å²) in [5, 5.41) is 2.82. The molecule has 0 atom stereocenters. The van der Waals surface area contributed by atoms with Crippen LogP contribution >= 0.6 is 0 Å². The van der Waals surface area contributed by atoms with Crippen molar-refractivity contribution in [2.24, 2.45) is 0 Å². The second-order valence-corrected chi connectivity index (χ2v) is 6.28. The Labute approximate surface area is 152 Å². The zero-order chi connectivity index (χ0) is 17.8. The number of fused-ring (bicyclic) bond motifs is 3. The second kappa shape index (κ2) is 5.28. The highest BCUT2D eigenvalue weighted by molar-refractivity contribution is 5.88. The van der Waals surface area contributed by atoms with Gasteiger partial charge in [0.15, 0.2) is 11.3 Å². The highest BCUT2D eigenvalue weighted by atomic mass is 16.3. The van der Waals surface area contributed by atoms with Gasteiger partial charge in [-0.3, -0.25) is 4.98 Å². The molecule has 6 heteroatoms. The van der Waals surface area contributed by atoms with Crippen LogP contribution < -0.4 is 0 Å². The van der Waals surface area contributed by atoms with Gasteiger partial charge >= 0.3 is 0 Å². The third-order valence-corrected chi connectivity index (χ3v) is 4.56. The summed E-state index contributed by atoms with van der Waals surface area (Å²) < 4.78 is 17.1. The molecular formula is C21H11N3O3. The van der Waals surface area contributed by atoms with E-state index in [0.29, 0.717) is 17.1 Å². The highest BCUT2D eigenvalue weighted by Crippen LogP contribution is 2.32. The summed E-state index contributed by atoms with van der Waals surface area (Å²) in [6.45, 7) is 0. The van der Waals surface area contributed by atoms with E-state index in [4.69, 9.17) is 13.3 Å². The number of aromatic nitrogens is 3. The van der Waals surface area contributed by atoms with E-state index in [9.17, 15) is 0 Å². The van der Waals surface area contributed by atoms with Gasteiger partial charge in [-0.15, -0.1) is 0 Å². The molecule has 6 aromatic rings. The van der Waals surface area contributed by atoms with Crippen molar-refractivity contribution in [3.05, 3.63) is 67.4 Å². The molecule has 27 heavy (non-hydrogen) atoms. The van der Waals surface area contributed by atoms with Crippen LogP contribution in [0.2, 0.25) is 0 Å². The molecule has 0 fully saturated rings. The second-order valence-electron chi connectivity index (χ2n) is 6.28. The average molecular weight is 353 g/mol. The standard InChI is InChI=1S/C21H11N3O3/c1-3-22-9-15-8-19(26-17(1)15)16-6-13-7-18(27-20(13)11-23-16)14-5-12-2-4-25-21(12)24-10-14/h1-11H. The molecule has 0 spiro atoms. The van der Waals surface area contributed by atoms with Gasteiger partial charge in [-0.1, -0.05) is 0 Å². The van der Waals surface area contributed by atoms with Gasteiger partial charge in [-0.05, 0) is 36.4 Å². The average Bonchev–Trinajstić information content (AvgIpc) is 3.42. The molecule has 0 aliphatic heterocycles. The van der Waals surface area contributed by atoms with Crippen LogP contribution in [0, 0.1) is 0 Å². The summed E-state index contributed by atoms with van der Waals surface area (Å²) in [4.78, 5) is 12.9. The minimum absolute atomic E-state index is 0.609. The van der Waals surface area contributed by atoms with E-state index in [2.05, 4.69) is 15.0 Å². The predicted molar refractivity (Wildman–Crippen MR) is 100 cm³/mol. The fourth-order valence-corrected chi connectivity index (χ4v) is 3.23. The van der Waals surface area contributed by atoms with E-state index in [1.165, 1.54) is 0 Å². The van der Waals surface area contributed by atoms with Gasteiger partial charge in [0, 0.05) is 40.3 Å². The number of rotatable bonds is 2. The van der Waals surface area contributed by atoms with Crippen LogP contribution in [0.4, 0.5) is 0 Å². The van der Waals surface area contributed by atoms with E-state index in [1.807, 2.05) is 36.4 Å². The third kappa shape index (κ3) is 2.23. The van der Waals surface area contributed by atoms with E-state index < -0.39 is 0 Å². The first-order valence-electron chi connectivity index (χ1n) is 8.41. The quantitative estimate of drug-likeness (QED) is 0.412. The molecule has 0 aliphatic rings. The first-order chi connectivity index (χ1) is 13.3. The molecule has 0 aliphatic carbocycles. The van der Waals surface area contributed by atoms with Gasteiger partial charge < -0.3 is 13.3 Å². The molecule has 0 saturated carbocycles. The van der Waals surface area contributed by atoms with Gasteiger partial charge in [0.25, 0.3) is 0 Å². The van der Waals surface area contributed by atoms with E-state index >= 15 is 0 Å². The number of hydrogen-bond acceptors (Lipinski definition) is 6. The van der Waals surface area contributed by atoms with Gasteiger partial charge in [0.1, 0.15) is 17.0 Å². The fourth-order valence-electron chi connectivity index (χ4n) is 3.23. The topological polar surface area (TPSA) is 78.1 Å². The van der Waals surface area contributed by atoms with Crippen LogP contribution in [0.15, 0.2) is 80.7 Å². The predicted octanol–water partition coefficient (Wildman–Crippen LogP) is 5.44. The van der Waals surface area contributed by atoms with E-state index in [-0.39, 0.29) is 0 Å². The van der Waals surface area contributed by atoms with Gasteiger partial charge in [0.2, 0.25) is 5.71 Å². The molecule has 0 unspecified atom stereocenters. The molecule has 0 N–H and O–H groups in total. The summed E-state index contributed by atoms with van der Waals surface area (Å²) in [5.41, 5.74) is 3.73. The molecule has 6 nitrogen and oxygen atoms in total. The van der Waals surface area contributed by atoms with Crippen molar-refractivity contribution in [1.82, 2.24) is 15.0 Å². The van der Waals surface area contributed by atoms with E-state index in [0.717, 1.165) is 38.8 Å². The first-order valence-corrected chi connectivity index (χ1v) is 8.41. The first kappa shape index (κ1) is 14.3. The lowest BCUT2D eigenvalue weighted by Gasteiger charge is -1.95. The molecule has 0 radical (unpaired) electrons. The third-order valence-electron chi connectivity index (χ3n) is 4.56. The summed E-state index contributed by atoms with van der Waals surface area (Å²) >= 11 is 0.